The minimum atomic E-state index is 0.751. The highest BCUT2D eigenvalue weighted by atomic mass is 32.1. The predicted molar refractivity (Wildman–Crippen MR) is 104 cm³/mol. The quantitative estimate of drug-likeness (QED) is 0.405. The molecule has 0 aliphatic carbocycles. The molecule has 1 aromatic carbocycles. The predicted octanol–water partition coefficient (Wildman–Crippen LogP) is 2.86. The van der Waals surface area contributed by atoms with E-state index in [-0.39, 0.29) is 0 Å². The summed E-state index contributed by atoms with van der Waals surface area (Å²) in [6.07, 6.45) is 1.00. The lowest BCUT2D eigenvalue weighted by molar-refractivity contribution is 0.624. The van der Waals surface area contributed by atoms with Gasteiger partial charge in [0.2, 0.25) is 0 Å². The number of aromatic nitrogens is 3. The number of fused-ring (bicyclic) bond motifs is 1. The fourth-order valence-electron chi connectivity index (χ4n) is 2.80. The van der Waals surface area contributed by atoms with Crippen molar-refractivity contribution in [3.05, 3.63) is 46.2 Å². The molecule has 132 valence electrons. The summed E-state index contributed by atoms with van der Waals surface area (Å²) in [6.45, 7) is 6.63. The van der Waals surface area contributed by atoms with Crippen LogP contribution in [0.3, 0.4) is 0 Å². The van der Waals surface area contributed by atoms with Crippen LogP contribution in [-0.2, 0) is 13.1 Å². The van der Waals surface area contributed by atoms with Crippen LogP contribution < -0.4 is 10.6 Å². The van der Waals surface area contributed by atoms with Crippen molar-refractivity contribution in [1.82, 2.24) is 25.2 Å². The summed E-state index contributed by atoms with van der Waals surface area (Å²) in [6, 6.07) is 8.28. The zero-order valence-corrected chi connectivity index (χ0v) is 15.7. The summed E-state index contributed by atoms with van der Waals surface area (Å²) >= 11 is 1.66. The van der Waals surface area contributed by atoms with E-state index in [1.807, 2.05) is 18.5 Å². The van der Waals surface area contributed by atoms with E-state index in [0.29, 0.717) is 0 Å². The number of guanidine groups is 1. The number of benzene rings is 1. The van der Waals surface area contributed by atoms with Gasteiger partial charge in [0, 0.05) is 25.0 Å². The molecule has 0 atom stereocenters. The highest BCUT2D eigenvalue weighted by Gasteiger charge is 2.06. The van der Waals surface area contributed by atoms with Gasteiger partial charge in [-0.05, 0) is 32.4 Å². The van der Waals surface area contributed by atoms with E-state index < -0.39 is 0 Å². The highest BCUT2D eigenvalue weighted by Crippen LogP contribution is 2.15. The molecule has 0 unspecified atom stereocenters. The number of nitrogens with zero attached hydrogens (tertiary/aromatic N) is 4. The van der Waals surface area contributed by atoms with Crippen LogP contribution in [0.25, 0.3) is 11.0 Å². The van der Waals surface area contributed by atoms with Gasteiger partial charge in [0.1, 0.15) is 5.82 Å². The van der Waals surface area contributed by atoms with E-state index in [1.54, 1.807) is 18.4 Å². The normalized spacial score (nSPS) is 11.9. The first-order chi connectivity index (χ1) is 12.2. The molecule has 7 heteroatoms. The molecule has 0 saturated carbocycles. The molecule has 0 radical (unpaired) electrons. The van der Waals surface area contributed by atoms with Crippen LogP contribution in [0.1, 0.15) is 22.8 Å². The summed E-state index contributed by atoms with van der Waals surface area (Å²) in [4.78, 5) is 14.4. The maximum absolute atomic E-state index is 4.61. The Labute approximate surface area is 152 Å². The van der Waals surface area contributed by atoms with Gasteiger partial charge in [-0.25, -0.2) is 9.97 Å². The molecule has 25 heavy (non-hydrogen) atoms. The Morgan fingerprint density at radius 2 is 2.08 bits per heavy atom. The maximum Gasteiger partial charge on any atom is 0.191 e. The van der Waals surface area contributed by atoms with Crippen molar-refractivity contribution in [2.24, 2.45) is 4.99 Å². The van der Waals surface area contributed by atoms with Crippen molar-refractivity contribution in [2.75, 3.05) is 13.6 Å². The first-order valence-electron chi connectivity index (χ1n) is 8.44. The summed E-state index contributed by atoms with van der Waals surface area (Å²) < 4.78 is 2.27. The number of hydrogen-bond donors (Lipinski definition) is 2. The lowest BCUT2D eigenvalue weighted by Crippen LogP contribution is -2.37. The van der Waals surface area contributed by atoms with Crippen molar-refractivity contribution >= 4 is 28.3 Å². The van der Waals surface area contributed by atoms with Crippen LogP contribution in [0, 0.1) is 13.8 Å². The molecule has 3 aromatic rings. The highest BCUT2D eigenvalue weighted by molar-refractivity contribution is 7.09. The molecule has 0 amide bonds. The molecule has 2 heterocycles. The lowest BCUT2D eigenvalue weighted by Gasteiger charge is -2.12. The van der Waals surface area contributed by atoms with Crippen molar-refractivity contribution in [2.45, 2.75) is 33.4 Å². The molecule has 3 rings (SSSR count). The van der Waals surface area contributed by atoms with E-state index in [2.05, 4.69) is 55.3 Å². The average Bonchev–Trinajstić information content (AvgIpc) is 3.17. The minimum absolute atomic E-state index is 0.751. The molecular weight excluding hydrogens is 332 g/mol. The smallest absolute Gasteiger partial charge is 0.191 e. The summed E-state index contributed by atoms with van der Waals surface area (Å²) in [7, 11) is 1.79. The van der Waals surface area contributed by atoms with Gasteiger partial charge in [-0.1, -0.05) is 12.1 Å². The Hall–Kier alpha value is -2.41. The molecule has 2 N–H and O–H groups in total. The third-order valence-corrected chi connectivity index (χ3v) is 5.12. The van der Waals surface area contributed by atoms with Crippen LogP contribution in [0.5, 0.6) is 0 Å². The number of aliphatic imine (C=N–C) groups is 1. The van der Waals surface area contributed by atoms with Gasteiger partial charge < -0.3 is 15.2 Å². The molecule has 0 aliphatic rings. The van der Waals surface area contributed by atoms with E-state index >= 15 is 0 Å². The number of imidazole rings is 1. The molecular formula is C18H24N6S. The molecule has 6 nitrogen and oxygen atoms in total. The average molecular weight is 356 g/mol. The second kappa shape index (κ2) is 8.11. The van der Waals surface area contributed by atoms with Crippen LogP contribution >= 0.6 is 11.3 Å². The standard InChI is InChI=1S/C18H24N6S/c1-13-17(25-12-22-13)11-21-18(19-3)20-9-6-10-24-14(2)23-15-7-4-5-8-16(15)24/h4-5,7-8,12H,6,9-11H2,1-3H3,(H2,19,20,21). The Morgan fingerprint density at radius 1 is 1.24 bits per heavy atom. The van der Waals surface area contributed by atoms with Gasteiger partial charge in [0.25, 0.3) is 0 Å². The maximum atomic E-state index is 4.61. The SMILES string of the molecule is CN=C(NCCCn1c(C)nc2ccccc21)NCc1scnc1C. The van der Waals surface area contributed by atoms with E-state index in [1.165, 1.54) is 10.4 Å². The van der Waals surface area contributed by atoms with Crippen molar-refractivity contribution in [1.29, 1.82) is 0 Å². The van der Waals surface area contributed by atoms with Crippen molar-refractivity contribution in [3.63, 3.8) is 0 Å². The van der Waals surface area contributed by atoms with Crippen LogP contribution in [0.4, 0.5) is 0 Å². The minimum Gasteiger partial charge on any atom is -0.356 e. The summed E-state index contributed by atoms with van der Waals surface area (Å²) in [5, 5.41) is 6.71. The third-order valence-electron chi connectivity index (χ3n) is 4.18. The Morgan fingerprint density at radius 3 is 2.84 bits per heavy atom. The van der Waals surface area contributed by atoms with Crippen LogP contribution in [0.2, 0.25) is 0 Å². The molecule has 0 aliphatic heterocycles. The van der Waals surface area contributed by atoms with Gasteiger partial charge in [-0.2, -0.15) is 0 Å². The summed E-state index contributed by atoms with van der Waals surface area (Å²) in [5.41, 5.74) is 5.21. The van der Waals surface area contributed by atoms with Gasteiger partial charge in [-0.3, -0.25) is 4.99 Å². The van der Waals surface area contributed by atoms with E-state index in [4.69, 9.17) is 0 Å². The number of thiazole rings is 1. The molecule has 0 bridgehead atoms. The molecule has 0 fully saturated rings. The number of para-hydroxylation sites is 2. The number of rotatable bonds is 6. The fourth-order valence-corrected chi connectivity index (χ4v) is 3.52. The van der Waals surface area contributed by atoms with Gasteiger partial charge in [-0.15, -0.1) is 11.3 Å². The topological polar surface area (TPSA) is 67.1 Å². The number of aryl methyl sites for hydroxylation is 3. The fraction of sp³-hybridized carbons (Fsp3) is 0.389. The van der Waals surface area contributed by atoms with Gasteiger partial charge in [0.15, 0.2) is 5.96 Å². The zero-order valence-electron chi connectivity index (χ0n) is 14.9. The molecule has 2 aromatic heterocycles. The van der Waals surface area contributed by atoms with Crippen LogP contribution in [-0.4, -0.2) is 34.1 Å². The zero-order chi connectivity index (χ0) is 17.6. The largest absolute Gasteiger partial charge is 0.356 e. The van der Waals surface area contributed by atoms with Gasteiger partial charge in [0.05, 0.1) is 28.8 Å². The van der Waals surface area contributed by atoms with E-state index in [9.17, 15) is 0 Å². The van der Waals surface area contributed by atoms with Crippen molar-refractivity contribution in [3.8, 4) is 0 Å². The van der Waals surface area contributed by atoms with Crippen LogP contribution in [0.15, 0.2) is 34.8 Å². The summed E-state index contributed by atoms with van der Waals surface area (Å²) in [5.74, 6) is 1.88. The Bertz CT molecular complexity index is 863. The Kier molecular flexibility index (Phi) is 5.65. The first kappa shape index (κ1) is 17.4. The third kappa shape index (κ3) is 4.17. The van der Waals surface area contributed by atoms with Gasteiger partial charge >= 0.3 is 0 Å². The first-order valence-corrected chi connectivity index (χ1v) is 9.32. The molecule has 0 spiro atoms. The number of nitrogens with one attached hydrogen (secondary N) is 2. The van der Waals surface area contributed by atoms with Crippen molar-refractivity contribution < 1.29 is 0 Å². The lowest BCUT2D eigenvalue weighted by atomic mass is 10.3. The second-order valence-electron chi connectivity index (χ2n) is 5.87. The van der Waals surface area contributed by atoms with E-state index in [0.717, 1.165) is 49.0 Å². The molecule has 0 saturated heterocycles. The second-order valence-corrected chi connectivity index (χ2v) is 6.81. The number of hydrogen-bond acceptors (Lipinski definition) is 4. The Balaban J connectivity index is 1.48. The monoisotopic (exact) mass is 356 g/mol.